The van der Waals surface area contributed by atoms with E-state index in [4.69, 9.17) is 9.47 Å². The first-order chi connectivity index (χ1) is 9.19. The Morgan fingerprint density at radius 2 is 2.00 bits per heavy atom. The van der Waals surface area contributed by atoms with Crippen LogP contribution in [-0.4, -0.2) is 42.9 Å². The Hall–Kier alpha value is -0.430. The van der Waals surface area contributed by atoms with Gasteiger partial charge in [-0.1, -0.05) is 0 Å². The predicted molar refractivity (Wildman–Crippen MR) is 76.4 cm³/mol. The molecule has 6 heteroatoms. The average Bonchev–Trinajstić information content (AvgIpc) is 2.87. The minimum atomic E-state index is -0.426. The molecule has 3 rings (SSSR count). The van der Waals surface area contributed by atoms with Gasteiger partial charge in [0.25, 0.3) is 5.91 Å². The Bertz CT molecular complexity index is 460. The summed E-state index contributed by atoms with van der Waals surface area (Å²) in [4.78, 5) is 15.0. The van der Waals surface area contributed by atoms with Crippen molar-refractivity contribution < 1.29 is 14.3 Å². The van der Waals surface area contributed by atoms with Crippen LogP contribution in [0.2, 0.25) is 0 Å². The highest BCUT2D eigenvalue weighted by Crippen LogP contribution is 2.32. The fourth-order valence-corrected chi connectivity index (χ4v) is 3.93. The number of carbonyl (C=O) groups is 1. The van der Waals surface area contributed by atoms with E-state index in [1.807, 2.05) is 16.3 Å². The lowest BCUT2D eigenvalue weighted by Crippen LogP contribution is -2.51. The molecular weight excluding hydrogens is 330 g/mol. The van der Waals surface area contributed by atoms with E-state index in [0.717, 1.165) is 41.8 Å². The molecule has 2 aliphatic heterocycles. The molecule has 0 saturated carbocycles. The van der Waals surface area contributed by atoms with Crippen molar-refractivity contribution in [3.63, 3.8) is 0 Å². The largest absolute Gasteiger partial charge is 0.350 e. The summed E-state index contributed by atoms with van der Waals surface area (Å²) in [5.74, 6) is -0.313. The number of hydrogen-bond acceptors (Lipinski definition) is 4. The third-order valence-electron chi connectivity index (χ3n) is 3.61. The summed E-state index contributed by atoms with van der Waals surface area (Å²) >= 11 is 4.86. The summed E-state index contributed by atoms with van der Waals surface area (Å²) in [6, 6.07) is 1.88. The topological polar surface area (TPSA) is 38.8 Å². The number of likely N-dealkylation sites (tertiary alicyclic amines) is 1. The standard InChI is InChI=1S/C13H16BrNO3S/c14-10-8-11(19-9-10)12(16)15-4-2-13(3-5-15)17-6-1-7-18-13/h8-9H,1-7H2. The second-order valence-corrected chi connectivity index (χ2v) is 6.71. The molecule has 2 saturated heterocycles. The van der Waals surface area contributed by atoms with Crippen LogP contribution >= 0.6 is 27.3 Å². The van der Waals surface area contributed by atoms with E-state index < -0.39 is 5.79 Å². The lowest BCUT2D eigenvalue weighted by molar-refractivity contribution is -0.281. The van der Waals surface area contributed by atoms with E-state index in [-0.39, 0.29) is 5.91 Å². The van der Waals surface area contributed by atoms with E-state index in [9.17, 15) is 4.79 Å². The van der Waals surface area contributed by atoms with E-state index in [1.54, 1.807) is 0 Å². The van der Waals surface area contributed by atoms with Gasteiger partial charge in [0.05, 0.1) is 18.1 Å². The van der Waals surface area contributed by atoms with Crippen LogP contribution in [0.3, 0.4) is 0 Å². The first kappa shape index (κ1) is 13.5. The first-order valence-corrected chi connectivity index (χ1v) is 8.17. The van der Waals surface area contributed by atoms with Crippen molar-refractivity contribution >= 4 is 33.2 Å². The molecule has 1 spiro atoms. The SMILES string of the molecule is O=C(c1cc(Br)cs1)N1CCC2(CC1)OCCCO2. The Morgan fingerprint density at radius 3 is 2.58 bits per heavy atom. The normalized spacial score (nSPS) is 22.7. The minimum Gasteiger partial charge on any atom is -0.350 e. The number of piperidine rings is 1. The molecule has 0 radical (unpaired) electrons. The Balaban J connectivity index is 1.62. The number of hydrogen-bond donors (Lipinski definition) is 0. The molecule has 104 valence electrons. The molecule has 3 heterocycles. The van der Waals surface area contributed by atoms with Crippen LogP contribution in [-0.2, 0) is 9.47 Å². The quantitative estimate of drug-likeness (QED) is 0.785. The number of rotatable bonds is 1. The summed E-state index contributed by atoms with van der Waals surface area (Å²) in [6.45, 7) is 2.94. The number of nitrogens with zero attached hydrogens (tertiary/aromatic N) is 1. The van der Waals surface area contributed by atoms with Gasteiger partial charge in [-0.25, -0.2) is 0 Å². The van der Waals surface area contributed by atoms with Gasteiger partial charge in [0.2, 0.25) is 0 Å². The van der Waals surface area contributed by atoms with Crippen LogP contribution < -0.4 is 0 Å². The average molecular weight is 346 g/mol. The van der Waals surface area contributed by atoms with Crippen molar-refractivity contribution in [1.29, 1.82) is 0 Å². The van der Waals surface area contributed by atoms with Crippen molar-refractivity contribution in [3.8, 4) is 0 Å². The van der Waals surface area contributed by atoms with Crippen molar-refractivity contribution in [2.75, 3.05) is 26.3 Å². The zero-order chi connectivity index (χ0) is 13.3. The zero-order valence-electron chi connectivity index (χ0n) is 10.6. The predicted octanol–water partition coefficient (Wildman–Crippen LogP) is 2.88. The summed E-state index contributed by atoms with van der Waals surface area (Å²) < 4.78 is 12.5. The Kier molecular flexibility index (Phi) is 3.93. The fourth-order valence-electron chi connectivity index (χ4n) is 2.54. The number of ether oxygens (including phenoxy) is 2. The molecule has 2 fully saturated rings. The van der Waals surface area contributed by atoms with Crippen LogP contribution in [0, 0.1) is 0 Å². The van der Waals surface area contributed by atoms with Crippen molar-refractivity contribution in [3.05, 3.63) is 20.8 Å². The van der Waals surface area contributed by atoms with E-state index in [2.05, 4.69) is 15.9 Å². The zero-order valence-corrected chi connectivity index (χ0v) is 13.0. The maximum Gasteiger partial charge on any atom is 0.263 e. The van der Waals surface area contributed by atoms with Gasteiger partial charge in [0, 0.05) is 35.8 Å². The maximum atomic E-state index is 12.3. The second-order valence-electron chi connectivity index (χ2n) is 4.88. The molecule has 0 N–H and O–H groups in total. The summed E-state index contributed by atoms with van der Waals surface area (Å²) in [7, 11) is 0. The van der Waals surface area contributed by atoms with Gasteiger partial charge in [-0.15, -0.1) is 11.3 Å². The molecule has 0 bridgehead atoms. The van der Waals surface area contributed by atoms with E-state index in [1.165, 1.54) is 11.3 Å². The molecule has 1 amide bonds. The Morgan fingerprint density at radius 1 is 1.32 bits per heavy atom. The number of halogens is 1. The molecule has 0 unspecified atom stereocenters. The van der Waals surface area contributed by atoms with Gasteiger partial charge >= 0.3 is 0 Å². The smallest absolute Gasteiger partial charge is 0.263 e. The molecule has 19 heavy (non-hydrogen) atoms. The van der Waals surface area contributed by atoms with Crippen molar-refractivity contribution in [2.24, 2.45) is 0 Å². The number of thiophene rings is 1. The summed E-state index contributed by atoms with van der Waals surface area (Å²) in [5, 5.41) is 1.94. The Labute approximate surface area is 124 Å². The van der Waals surface area contributed by atoms with Gasteiger partial charge in [-0.05, 0) is 28.4 Å². The van der Waals surface area contributed by atoms with Crippen LogP contribution in [0.15, 0.2) is 15.9 Å². The lowest BCUT2D eigenvalue weighted by atomic mass is 10.0. The third-order valence-corrected chi connectivity index (χ3v) is 5.29. The molecule has 0 aromatic carbocycles. The number of carbonyl (C=O) groups excluding carboxylic acids is 1. The second kappa shape index (κ2) is 5.52. The van der Waals surface area contributed by atoms with Crippen LogP contribution in [0.1, 0.15) is 28.9 Å². The van der Waals surface area contributed by atoms with E-state index in [0.29, 0.717) is 13.1 Å². The molecule has 1 aromatic rings. The van der Waals surface area contributed by atoms with Gasteiger partial charge in [0.1, 0.15) is 0 Å². The van der Waals surface area contributed by atoms with Gasteiger partial charge in [-0.2, -0.15) is 0 Å². The van der Waals surface area contributed by atoms with E-state index >= 15 is 0 Å². The highest BCUT2D eigenvalue weighted by molar-refractivity contribution is 9.10. The minimum absolute atomic E-state index is 0.112. The van der Waals surface area contributed by atoms with Crippen LogP contribution in [0.4, 0.5) is 0 Å². The molecule has 0 atom stereocenters. The fraction of sp³-hybridized carbons (Fsp3) is 0.615. The third kappa shape index (κ3) is 2.86. The van der Waals surface area contributed by atoms with Gasteiger partial charge < -0.3 is 14.4 Å². The summed E-state index contributed by atoms with van der Waals surface area (Å²) in [6.07, 6.45) is 2.50. The molecular formula is C13H16BrNO3S. The summed E-state index contributed by atoms with van der Waals surface area (Å²) in [5.41, 5.74) is 0. The highest BCUT2D eigenvalue weighted by atomic mass is 79.9. The molecule has 1 aromatic heterocycles. The molecule has 2 aliphatic rings. The molecule has 4 nitrogen and oxygen atoms in total. The van der Waals surface area contributed by atoms with Gasteiger partial charge in [-0.3, -0.25) is 4.79 Å². The first-order valence-electron chi connectivity index (χ1n) is 6.50. The molecule has 0 aliphatic carbocycles. The maximum absolute atomic E-state index is 12.3. The lowest BCUT2D eigenvalue weighted by Gasteiger charge is -2.43. The van der Waals surface area contributed by atoms with Crippen molar-refractivity contribution in [1.82, 2.24) is 4.90 Å². The van der Waals surface area contributed by atoms with Crippen LogP contribution in [0.25, 0.3) is 0 Å². The van der Waals surface area contributed by atoms with Crippen LogP contribution in [0.5, 0.6) is 0 Å². The monoisotopic (exact) mass is 345 g/mol. The van der Waals surface area contributed by atoms with Crippen molar-refractivity contribution in [2.45, 2.75) is 25.0 Å². The number of amides is 1. The highest BCUT2D eigenvalue weighted by Gasteiger charge is 2.39. The van der Waals surface area contributed by atoms with Gasteiger partial charge in [0.15, 0.2) is 5.79 Å².